The van der Waals surface area contributed by atoms with E-state index in [2.05, 4.69) is 13.8 Å². The lowest BCUT2D eigenvalue weighted by molar-refractivity contribution is -0.148. The van der Waals surface area contributed by atoms with Crippen LogP contribution < -0.4 is 0 Å². The van der Waals surface area contributed by atoms with Gasteiger partial charge in [0, 0.05) is 6.42 Å². The van der Waals surface area contributed by atoms with Crippen molar-refractivity contribution in [3.63, 3.8) is 0 Å². The summed E-state index contributed by atoms with van der Waals surface area (Å²) >= 11 is 0. The molecule has 66 valence electrons. The highest BCUT2D eigenvalue weighted by molar-refractivity contribution is 4.68. The normalized spacial score (nSPS) is 22.9. The second-order valence-corrected chi connectivity index (χ2v) is 3.76. The van der Waals surface area contributed by atoms with Crippen LogP contribution in [0.4, 0.5) is 0 Å². The summed E-state index contributed by atoms with van der Waals surface area (Å²) in [6, 6.07) is 0. The Morgan fingerprint density at radius 3 is 2.27 bits per heavy atom. The Labute approximate surface area is 68.9 Å². The van der Waals surface area contributed by atoms with E-state index >= 15 is 0 Å². The zero-order chi connectivity index (χ0) is 8.32. The van der Waals surface area contributed by atoms with Crippen molar-refractivity contribution in [1.82, 2.24) is 0 Å². The Kier molecular flexibility index (Phi) is 2.90. The minimum Gasteiger partial charge on any atom is -0.348 e. The molecule has 1 aliphatic heterocycles. The van der Waals surface area contributed by atoms with Gasteiger partial charge in [0.1, 0.15) is 0 Å². The maximum atomic E-state index is 5.47. The van der Waals surface area contributed by atoms with Crippen molar-refractivity contribution in [3.05, 3.63) is 0 Å². The molecule has 0 radical (unpaired) electrons. The van der Waals surface area contributed by atoms with Gasteiger partial charge in [-0.25, -0.2) is 0 Å². The highest BCUT2D eigenvalue weighted by Gasteiger charge is 2.30. The standard InChI is InChI=1S/C9H18O2/c1-8(2)4-5-9(3)10-6-7-11-9/h8H,4-7H2,1-3H3. The molecule has 0 aromatic carbocycles. The summed E-state index contributed by atoms with van der Waals surface area (Å²) in [5.74, 6) is 0.462. The van der Waals surface area contributed by atoms with Gasteiger partial charge in [-0.1, -0.05) is 13.8 Å². The summed E-state index contributed by atoms with van der Waals surface area (Å²) in [5.41, 5.74) is 0. The number of rotatable bonds is 3. The van der Waals surface area contributed by atoms with Gasteiger partial charge >= 0.3 is 0 Å². The lowest BCUT2D eigenvalue weighted by Crippen LogP contribution is -2.25. The molecule has 1 rings (SSSR count). The summed E-state index contributed by atoms with van der Waals surface area (Å²) in [6.07, 6.45) is 2.20. The smallest absolute Gasteiger partial charge is 0.165 e. The maximum Gasteiger partial charge on any atom is 0.165 e. The van der Waals surface area contributed by atoms with Crippen LogP contribution in [0.1, 0.15) is 33.6 Å². The third-order valence-electron chi connectivity index (χ3n) is 2.07. The first-order valence-corrected chi connectivity index (χ1v) is 4.40. The summed E-state index contributed by atoms with van der Waals surface area (Å²) in [5, 5.41) is 0. The minimum atomic E-state index is -0.274. The number of hydrogen-bond acceptors (Lipinski definition) is 2. The van der Waals surface area contributed by atoms with Crippen molar-refractivity contribution >= 4 is 0 Å². The highest BCUT2D eigenvalue weighted by Crippen LogP contribution is 2.25. The van der Waals surface area contributed by atoms with Crippen LogP contribution in [0.15, 0.2) is 0 Å². The van der Waals surface area contributed by atoms with E-state index in [1.807, 2.05) is 6.92 Å². The molecule has 0 atom stereocenters. The van der Waals surface area contributed by atoms with E-state index in [9.17, 15) is 0 Å². The summed E-state index contributed by atoms with van der Waals surface area (Å²) < 4.78 is 10.9. The first-order valence-electron chi connectivity index (χ1n) is 4.40. The minimum absolute atomic E-state index is 0.274. The monoisotopic (exact) mass is 158 g/mol. The summed E-state index contributed by atoms with van der Waals surface area (Å²) in [4.78, 5) is 0. The molecule has 11 heavy (non-hydrogen) atoms. The van der Waals surface area contributed by atoms with E-state index in [1.54, 1.807) is 0 Å². The van der Waals surface area contributed by atoms with Crippen LogP contribution in [0.25, 0.3) is 0 Å². The zero-order valence-electron chi connectivity index (χ0n) is 7.72. The Morgan fingerprint density at radius 1 is 1.27 bits per heavy atom. The lowest BCUT2D eigenvalue weighted by atomic mass is 10.0. The van der Waals surface area contributed by atoms with Crippen molar-refractivity contribution in [2.24, 2.45) is 5.92 Å². The van der Waals surface area contributed by atoms with Gasteiger partial charge in [-0.05, 0) is 19.3 Å². The first kappa shape index (κ1) is 9.01. The molecule has 0 spiro atoms. The second kappa shape index (κ2) is 3.55. The molecule has 2 nitrogen and oxygen atoms in total. The van der Waals surface area contributed by atoms with Gasteiger partial charge in [0.25, 0.3) is 0 Å². The van der Waals surface area contributed by atoms with E-state index in [-0.39, 0.29) is 5.79 Å². The number of hydrogen-bond donors (Lipinski definition) is 0. The maximum absolute atomic E-state index is 5.47. The van der Waals surface area contributed by atoms with E-state index in [4.69, 9.17) is 9.47 Å². The molecule has 0 aromatic rings. The van der Waals surface area contributed by atoms with Crippen LogP contribution in [-0.2, 0) is 9.47 Å². The fourth-order valence-corrected chi connectivity index (χ4v) is 1.25. The topological polar surface area (TPSA) is 18.5 Å². The van der Waals surface area contributed by atoms with Crippen molar-refractivity contribution < 1.29 is 9.47 Å². The molecule has 2 heteroatoms. The van der Waals surface area contributed by atoms with Gasteiger partial charge in [-0.3, -0.25) is 0 Å². The molecular weight excluding hydrogens is 140 g/mol. The highest BCUT2D eigenvalue weighted by atomic mass is 16.7. The summed E-state index contributed by atoms with van der Waals surface area (Å²) in [7, 11) is 0. The third kappa shape index (κ3) is 2.80. The van der Waals surface area contributed by atoms with Crippen molar-refractivity contribution in [3.8, 4) is 0 Å². The van der Waals surface area contributed by atoms with E-state index in [0.29, 0.717) is 0 Å². The number of ether oxygens (including phenoxy) is 2. The Bertz CT molecular complexity index is 115. The van der Waals surface area contributed by atoms with Crippen molar-refractivity contribution in [2.75, 3.05) is 13.2 Å². The predicted molar refractivity (Wildman–Crippen MR) is 44.4 cm³/mol. The van der Waals surface area contributed by atoms with Gasteiger partial charge in [-0.15, -0.1) is 0 Å². The molecule has 0 saturated carbocycles. The lowest BCUT2D eigenvalue weighted by Gasteiger charge is -2.22. The Morgan fingerprint density at radius 2 is 1.82 bits per heavy atom. The summed E-state index contributed by atoms with van der Waals surface area (Å²) in [6.45, 7) is 7.99. The molecular formula is C9H18O2. The molecule has 0 bridgehead atoms. The third-order valence-corrected chi connectivity index (χ3v) is 2.07. The van der Waals surface area contributed by atoms with Crippen molar-refractivity contribution in [1.29, 1.82) is 0 Å². The molecule has 0 N–H and O–H groups in total. The SMILES string of the molecule is CC(C)CCC1(C)OCCO1. The largest absolute Gasteiger partial charge is 0.348 e. The fourth-order valence-electron chi connectivity index (χ4n) is 1.25. The molecule has 1 aliphatic rings. The van der Waals surface area contributed by atoms with Crippen molar-refractivity contribution in [2.45, 2.75) is 39.4 Å². The average molecular weight is 158 g/mol. The predicted octanol–water partition coefficient (Wildman–Crippen LogP) is 2.19. The van der Waals surface area contributed by atoms with Crippen LogP contribution >= 0.6 is 0 Å². The first-order chi connectivity index (χ1) is 5.12. The van der Waals surface area contributed by atoms with Crippen LogP contribution in [0.3, 0.4) is 0 Å². The van der Waals surface area contributed by atoms with Gasteiger partial charge in [0.2, 0.25) is 0 Å². The molecule has 1 heterocycles. The van der Waals surface area contributed by atoms with Gasteiger partial charge in [0.15, 0.2) is 5.79 Å². The fraction of sp³-hybridized carbons (Fsp3) is 1.00. The van der Waals surface area contributed by atoms with Gasteiger partial charge in [0.05, 0.1) is 13.2 Å². The van der Waals surface area contributed by atoms with Crippen LogP contribution in [0.2, 0.25) is 0 Å². The van der Waals surface area contributed by atoms with E-state index in [1.165, 1.54) is 6.42 Å². The molecule has 1 fully saturated rings. The molecule has 0 unspecified atom stereocenters. The van der Waals surface area contributed by atoms with Gasteiger partial charge in [-0.2, -0.15) is 0 Å². The molecule has 0 amide bonds. The molecule has 1 saturated heterocycles. The Hall–Kier alpha value is -0.0800. The average Bonchev–Trinajstić information content (AvgIpc) is 2.33. The second-order valence-electron chi connectivity index (χ2n) is 3.76. The van der Waals surface area contributed by atoms with Crippen LogP contribution in [0, 0.1) is 5.92 Å². The zero-order valence-corrected chi connectivity index (χ0v) is 7.72. The van der Waals surface area contributed by atoms with Gasteiger partial charge < -0.3 is 9.47 Å². The Balaban J connectivity index is 2.23. The quantitative estimate of drug-likeness (QED) is 0.626. The molecule has 0 aliphatic carbocycles. The van der Waals surface area contributed by atoms with Crippen LogP contribution in [-0.4, -0.2) is 19.0 Å². The van der Waals surface area contributed by atoms with Crippen LogP contribution in [0.5, 0.6) is 0 Å². The molecule has 0 aromatic heterocycles. The van der Waals surface area contributed by atoms with E-state index < -0.39 is 0 Å². The van der Waals surface area contributed by atoms with E-state index in [0.717, 1.165) is 25.6 Å².